The van der Waals surface area contributed by atoms with Gasteiger partial charge in [-0.15, -0.1) is 0 Å². The van der Waals surface area contributed by atoms with Crippen LogP contribution in [0.5, 0.6) is 0 Å². The average Bonchev–Trinajstić information content (AvgIpc) is 2.72. The van der Waals surface area contributed by atoms with Crippen LogP contribution in [0.3, 0.4) is 0 Å². The Balaban J connectivity index is 1.88. The summed E-state index contributed by atoms with van der Waals surface area (Å²) < 4.78 is 0. The van der Waals surface area contributed by atoms with Crippen molar-refractivity contribution in [3.05, 3.63) is 0 Å². The smallest absolute Gasteiger partial charge is 0.303 e. The minimum absolute atomic E-state index is 0.0533. The summed E-state index contributed by atoms with van der Waals surface area (Å²) >= 11 is 0. The fourth-order valence-corrected chi connectivity index (χ4v) is 6.21. The number of aliphatic hydroxyl groups is 1. The van der Waals surface area contributed by atoms with Crippen molar-refractivity contribution in [2.24, 2.45) is 28.6 Å². The van der Waals surface area contributed by atoms with Gasteiger partial charge in [0.25, 0.3) is 0 Å². The maximum Gasteiger partial charge on any atom is 0.303 e. The van der Waals surface area contributed by atoms with Crippen molar-refractivity contribution >= 4 is 11.8 Å². The zero-order valence-corrected chi connectivity index (χ0v) is 14.6. The molecule has 4 nitrogen and oxygen atoms in total. The lowest BCUT2D eigenvalue weighted by Gasteiger charge is -2.56. The van der Waals surface area contributed by atoms with Crippen LogP contribution in [-0.2, 0) is 9.59 Å². The van der Waals surface area contributed by atoms with Gasteiger partial charge in [-0.1, -0.05) is 13.8 Å². The molecule has 0 amide bonds. The number of aliphatic carboxylic acids is 1. The SMILES string of the molecule is C[C@@]1(CCC(=O)O)C(=O)CC[C@H]2[C@@H]1CC[C@]1(C)[C@H]2CC[C@@]1(C)O. The van der Waals surface area contributed by atoms with Crippen LogP contribution in [0, 0.1) is 28.6 Å². The Morgan fingerprint density at radius 1 is 1.13 bits per heavy atom. The van der Waals surface area contributed by atoms with Gasteiger partial charge in [-0.25, -0.2) is 0 Å². The van der Waals surface area contributed by atoms with E-state index in [1.54, 1.807) is 0 Å². The van der Waals surface area contributed by atoms with Crippen LogP contribution in [0.4, 0.5) is 0 Å². The quantitative estimate of drug-likeness (QED) is 0.835. The van der Waals surface area contributed by atoms with E-state index in [1.807, 2.05) is 13.8 Å². The van der Waals surface area contributed by atoms with E-state index in [2.05, 4.69) is 6.92 Å². The summed E-state index contributed by atoms with van der Waals surface area (Å²) in [6, 6.07) is 0. The number of ketones is 1. The summed E-state index contributed by atoms with van der Waals surface area (Å²) in [5.74, 6) is 0.654. The molecule has 3 aliphatic rings. The van der Waals surface area contributed by atoms with E-state index < -0.39 is 17.0 Å². The number of hydrogen-bond donors (Lipinski definition) is 2. The second kappa shape index (κ2) is 5.30. The summed E-state index contributed by atoms with van der Waals surface area (Å²) in [4.78, 5) is 23.7. The van der Waals surface area contributed by atoms with Gasteiger partial charge in [0, 0.05) is 18.3 Å². The first kappa shape index (κ1) is 16.9. The molecule has 2 N–H and O–H groups in total. The van der Waals surface area contributed by atoms with Crippen LogP contribution >= 0.6 is 0 Å². The predicted molar refractivity (Wildman–Crippen MR) is 86.9 cm³/mol. The van der Waals surface area contributed by atoms with Gasteiger partial charge in [0.2, 0.25) is 0 Å². The molecule has 0 aliphatic heterocycles. The largest absolute Gasteiger partial charge is 0.481 e. The number of rotatable bonds is 3. The monoisotopic (exact) mass is 322 g/mol. The standard InChI is InChI=1S/C19H30O4/c1-17(9-8-16(21)22)13-6-10-18(2)14(7-11-19(18,3)23)12(13)4-5-15(17)20/h12-14,23H,4-11H2,1-3H3,(H,21,22)/t12-,13-,14-,17-,18+,19+/m0/s1. The van der Waals surface area contributed by atoms with Gasteiger partial charge >= 0.3 is 5.97 Å². The maximum absolute atomic E-state index is 12.6. The van der Waals surface area contributed by atoms with Crippen LogP contribution in [0.25, 0.3) is 0 Å². The number of carboxylic acids is 1. The Morgan fingerprint density at radius 3 is 2.43 bits per heavy atom. The summed E-state index contributed by atoms with van der Waals surface area (Å²) in [6.45, 7) is 6.21. The molecule has 0 bridgehead atoms. The minimum atomic E-state index is -0.814. The molecule has 130 valence electrons. The number of carbonyl (C=O) groups excluding carboxylic acids is 1. The molecule has 0 radical (unpaired) electrons. The molecule has 0 heterocycles. The van der Waals surface area contributed by atoms with Gasteiger partial charge in [0.15, 0.2) is 0 Å². The number of Topliss-reactive ketones (excluding diaryl/α,β-unsaturated/α-hetero) is 1. The Bertz CT molecular complexity index is 525. The Morgan fingerprint density at radius 2 is 1.78 bits per heavy atom. The molecule has 0 spiro atoms. The highest BCUT2D eigenvalue weighted by Gasteiger charge is 2.62. The summed E-state index contributed by atoms with van der Waals surface area (Å²) in [5.41, 5.74) is -1.15. The van der Waals surface area contributed by atoms with Crippen LogP contribution < -0.4 is 0 Å². The lowest BCUT2D eigenvalue weighted by Crippen LogP contribution is -2.55. The van der Waals surface area contributed by atoms with Crippen LogP contribution in [-0.4, -0.2) is 27.6 Å². The highest BCUT2D eigenvalue weighted by molar-refractivity contribution is 5.86. The van der Waals surface area contributed by atoms with E-state index >= 15 is 0 Å². The van der Waals surface area contributed by atoms with Crippen molar-refractivity contribution in [1.82, 2.24) is 0 Å². The lowest BCUT2D eigenvalue weighted by atomic mass is 9.48. The first-order chi connectivity index (χ1) is 10.6. The fraction of sp³-hybridized carbons (Fsp3) is 0.895. The van der Waals surface area contributed by atoms with Gasteiger partial charge in [-0.3, -0.25) is 9.59 Å². The molecular formula is C19H30O4. The molecule has 3 rings (SSSR count). The Kier molecular flexibility index (Phi) is 3.90. The molecule has 23 heavy (non-hydrogen) atoms. The van der Waals surface area contributed by atoms with Gasteiger partial charge in [0.05, 0.1) is 5.60 Å². The van der Waals surface area contributed by atoms with Gasteiger partial charge in [-0.2, -0.15) is 0 Å². The molecular weight excluding hydrogens is 292 g/mol. The zero-order chi connectivity index (χ0) is 17.0. The van der Waals surface area contributed by atoms with Gasteiger partial charge in [-0.05, 0) is 68.6 Å². The normalized spacial score (nSPS) is 49.6. The third kappa shape index (κ3) is 2.36. The molecule has 0 unspecified atom stereocenters. The molecule has 0 saturated heterocycles. The topological polar surface area (TPSA) is 74.6 Å². The third-order valence-corrected chi connectivity index (χ3v) is 8.02. The first-order valence-corrected chi connectivity index (χ1v) is 9.09. The Hall–Kier alpha value is -0.900. The maximum atomic E-state index is 12.6. The summed E-state index contributed by atoms with van der Waals surface area (Å²) in [7, 11) is 0. The third-order valence-electron chi connectivity index (χ3n) is 8.02. The minimum Gasteiger partial charge on any atom is -0.481 e. The summed E-state index contributed by atoms with van der Waals surface area (Å²) in [6.07, 6.45) is 5.80. The van der Waals surface area contributed by atoms with E-state index in [9.17, 15) is 14.7 Å². The number of hydrogen-bond acceptors (Lipinski definition) is 3. The second-order valence-electron chi connectivity index (χ2n) is 8.92. The van der Waals surface area contributed by atoms with Gasteiger partial charge in [0.1, 0.15) is 5.78 Å². The molecule has 3 fully saturated rings. The van der Waals surface area contributed by atoms with Crippen molar-refractivity contribution in [2.45, 2.75) is 77.7 Å². The van der Waals surface area contributed by atoms with Crippen molar-refractivity contribution in [1.29, 1.82) is 0 Å². The van der Waals surface area contributed by atoms with Crippen LogP contribution in [0.2, 0.25) is 0 Å². The number of fused-ring (bicyclic) bond motifs is 3. The molecule has 0 aromatic heterocycles. The van der Waals surface area contributed by atoms with E-state index in [4.69, 9.17) is 5.11 Å². The number of carbonyl (C=O) groups is 2. The van der Waals surface area contributed by atoms with Crippen molar-refractivity contribution in [2.75, 3.05) is 0 Å². The fourth-order valence-electron chi connectivity index (χ4n) is 6.21. The van der Waals surface area contributed by atoms with Gasteiger partial charge < -0.3 is 10.2 Å². The number of carboxylic acid groups (broad SMARTS) is 1. The van der Waals surface area contributed by atoms with Crippen LogP contribution in [0.1, 0.15) is 72.1 Å². The first-order valence-electron chi connectivity index (χ1n) is 9.09. The second-order valence-corrected chi connectivity index (χ2v) is 8.92. The predicted octanol–water partition coefficient (Wildman–Crippen LogP) is 3.41. The van der Waals surface area contributed by atoms with E-state index in [-0.39, 0.29) is 23.5 Å². The van der Waals surface area contributed by atoms with Crippen molar-refractivity contribution < 1.29 is 19.8 Å². The van der Waals surface area contributed by atoms with Crippen molar-refractivity contribution in [3.8, 4) is 0 Å². The van der Waals surface area contributed by atoms with Crippen molar-refractivity contribution in [3.63, 3.8) is 0 Å². The molecule has 6 atom stereocenters. The van der Waals surface area contributed by atoms with E-state index in [1.165, 1.54) is 0 Å². The van der Waals surface area contributed by atoms with Crippen LogP contribution in [0.15, 0.2) is 0 Å². The highest BCUT2D eigenvalue weighted by atomic mass is 16.4. The summed E-state index contributed by atoms with van der Waals surface area (Å²) in [5, 5.41) is 19.9. The Labute approximate surface area is 138 Å². The molecule has 3 aliphatic carbocycles. The lowest BCUT2D eigenvalue weighted by molar-refractivity contribution is -0.154. The average molecular weight is 322 g/mol. The zero-order valence-electron chi connectivity index (χ0n) is 14.6. The van der Waals surface area contributed by atoms with E-state index in [0.29, 0.717) is 24.7 Å². The molecule has 0 aromatic rings. The molecule has 4 heteroatoms. The molecule has 0 aromatic carbocycles. The molecule has 3 saturated carbocycles. The highest BCUT2D eigenvalue weighted by Crippen LogP contribution is 2.65. The van der Waals surface area contributed by atoms with E-state index in [0.717, 1.165) is 32.1 Å².